The highest BCUT2D eigenvalue weighted by Gasteiger charge is 2.24. The van der Waals surface area contributed by atoms with Gasteiger partial charge in [-0.1, -0.05) is 58.0 Å². The Balaban J connectivity index is 0.000000196. The second-order valence-corrected chi connectivity index (χ2v) is 17.9. The molecule has 0 N–H and O–H groups in total. The van der Waals surface area contributed by atoms with Gasteiger partial charge < -0.3 is 9.47 Å². The number of fused-ring (bicyclic) bond motifs is 2. The summed E-state index contributed by atoms with van der Waals surface area (Å²) in [5.74, 6) is -1.29. The maximum absolute atomic E-state index is 14.0. The number of ether oxygens (including phenoxy) is 2. The number of halogens is 7. The van der Waals surface area contributed by atoms with E-state index >= 15 is 0 Å². The van der Waals surface area contributed by atoms with Crippen LogP contribution in [-0.2, 0) is 13.1 Å². The minimum absolute atomic E-state index is 0.00763. The highest BCUT2D eigenvalue weighted by Crippen LogP contribution is 2.41. The van der Waals surface area contributed by atoms with E-state index < -0.39 is 34.1 Å². The Kier molecular flexibility index (Phi) is 14.4. The van der Waals surface area contributed by atoms with Crippen LogP contribution in [-0.4, -0.2) is 42.5 Å². The van der Waals surface area contributed by atoms with Crippen LogP contribution in [0.1, 0.15) is 18.4 Å². The zero-order chi connectivity index (χ0) is 47.7. The summed E-state index contributed by atoms with van der Waals surface area (Å²) in [7, 11) is 2.66. The first-order valence-corrected chi connectivity index (χ1v) is 22.4. The fourth-order valence-corrected chi connectivity index (χ4v) is 10.1. The van der Waals surface area contributed by atoms with Crippen molar-refractivity contribution in [3.8, 4) is 55.9 Å². The van der Waals surface area contributed by atoms with E-state index in [0.29, 0.717) is 42.5 Å². The van der Waals surface area contributed by atoms with Gasteiger partial charge in [-0.3, -0.25) is 28.7 Å². The van der Waals surface area contributed by atoms with Crippen LogP contribution in [0.4, 0.5) is 8.78 Å². The Morgan fingerprint density at radius 2 is 1.05 bits per heavy atom. The minimum atomic E-state index is -0.708. The molecular weight excluding hydrogens is 1000 g/mol. The van der Waals surface area contributed by atoms with Crippen molar-refractivity contribution in [3.63, 3.8) is 0 Å². The van der Waals surface area contributed by atoms with Gasteiger partial charge in [-0.25, -0.2) is 27.5 Å². The molecule has 23 heteroatoms. The average molecular weight is 1030 g/mol. The third-order valence-electron chi connectivity index (χ3n) is 9.98. The summed E-state index contributed by atoms with van der Waals surface area (Å²) in [6.07, 6.45) is 5.43. The maximum atomic E-state index is 14.0. The van der Waals surface area contributed by atoms with Gasteiger partial charge in [-0.05, 0) is 48.9 Å². The molecular formula is C43H27Cl5F2N8O6S2. The highest BCUT2D eigenvalue weighted by molar-refractivity contribution is 7.22. The number of nitriles is 2. The molecule has 0 aliphatic heterocycles. The molecule has 0 aliphatic carbocycles. The minimum Gasteiger partial charge on any atom is -0.494 e. The van der Waals surface area contributed by atoms with Gasteiger partial charge >= 0.3 is 11.4 Å². The molecule has 0 atom stereocenters. The summed E-state index contributed by atoms with van der Waals surface area (Å²) in [5, 5.41) is 18.8. The second kappa shape index (κ2) is 19.8. The van der Waals surface area contributed by atoms with Gasteiger partial charge in [-0.2, -0.15) is 10.5 Å². The molecule has 0 aliphatic rings. The number of pyridine rings is 2. The quantitative estimate of drug-likeness (QED) is 0.128. The van der Waals surface area contributed by atoms with Crippen LogP contribution in [0, 0.1) is 41.2 Å². The monoisotopic (exact) mass is 1030 g/mol. The van der Waals surface area contributed by atoms with Crippen molar-refractivity contribution in [1.82, 2.24) is 28.2 Å². The lowest BCUT2D eigenvalue weighted by Crippen LogP contribution is -2.39. The van der Waals surface area contributed by atoms with Crippen molar-refractivity contribution < 1.29 is 18.3 Å². The molecule has 0 saturated carbocycles. The van der Waals surface area contributed by atoms with Crippen molar-refractivity contribution in [2.45, 2.75) is 32.9 Å². The van der Waals surface area contributed by atoms with E-state index in [1.807, 2.05) is 12.1 Å². The van der Waals surface area contributed by atoms with Gasteiger partial charge in [0.15, 0.2) is 23.1 Å². The third-order valence-corrected chi connectivity index (χ3v) is 14.1. The molecule has 0 spiro atoms. The van der Waals surface area contributed by atoms with E-state index in [1.165, 1.54) is 60.3 Å². The molecule has 0 saturated heterocycles. The van der Waals surface area contributed by atoms with E-state index in [9.17, 15) is 28.0 Å². The fraction of sp³-hybridized carbons (Fsp3) is 0.163. The molecule has 8 aromatic rings. The number of hydrogen-bond donors (Lipinski definition) is 0. The number of methoxy groups -OCH3 is 2. The first kappa shape index (κ1) is 47.9. The van der Waals surface area contributed by atoms with Crippen LogP contribution < -0.4 is 32.0 Å². The molecule has 14 nitrogen and oxygen atoms in total. The molecule has 66 heavy (non-hydrogen) atoms. The van der Waals surface area contributed by atoms with Gasteiger partial charge in [0.25, 0.3) is 11.1 Å². The van der Waals surface area contributed by atoms with E-state index in [-0.39, 0.29) is 78.3 Å². The molecule has 0 fully saturated rings. The normalized spacial score (nSPS) is 11.0. The summed E-state index contributed by atoms with van der Waals surface area (Å²) >= 11 is 33.1. The van der Waals surface area contributed by atoms with Crippen molar-refractivity contribution in [1.29, 1.82) is 10.5 Å². The molecule has 0 amide bonds. The summed E-state index contributed by atoms with van der Waals surface area (Å²) in [5.41, 5.74) is -0.225. The van der Waals surface area contributed by atoms with E-state index in [2.05, 4.69) is 9.97 Å². The number of aryl methyl sites for hydroxylation is 2. The van der Waals surface area contributed by atoms with Crippen LogP contribution >= 0.6 is 80.7 Å². The van der Waals surface area contributed by atoms with Crippen molar-refractivity contribution >= 4 is 101 Å². The summed E-state index contributed by atoms with van der Waals surface area (Å²) < 4.78 is 43.1. The first-order chi connectivity index (χ1) is 31.6. The predicted octanol–water partition coefficient (Wildman–Crippen LogP) is 10.2. The second-order valence-electron chi connectivity index (χ2n) is 13.8. The molecule has 8 rings (SSSR count). The molecule has 6 heterocycles. The van der Waals surface area contributed by atoms with Gasteiger partial charge in [0.05, 0.1) is 99.1 Å². The summed E-state index contributed by atoms with van der Waals surface area (Å²) in [4.78, 5) is 62.5. The zero-order valence-corrected chi connectivity index (χ0v) is 39.5. The lowest BCUT2D eigenvalue weighted by Gasteiger charge is -2.13. The first-order valence-electron chi connectivity index (χ1n) is 18.9. The number of nitrogens with zero attached hydrogens (tertiary/aromatic N) is 8. The lowest BCUT2D eigenvalue weighted by atomic mass is 10.1. The van der Waals surface area contributed by atoms with Crippen LogP contribution in [0.2, 0.25) is 25.1 Å². The largest absolute Gasteiger partial charge is 0.494 e. The molecule has 0 radical (unpaired) electrons. The molecule has 0 unspecified atom stereocenters. The Bertz CT molecular complexity index is 3380. The standard InChI is InChI=1S/C22H15Cl2FN4O3S.C21H12Cl3FN4O3S/c1-11-14(24)9-27-10-17(11)29-21(30)20-16(28(22(29)31)5-3-4-26)8-19(33-20)12-6-18(32-2)15(25)7-13(12)23;1-32-16-5-10(11(22)6-13(16)25)17-7-14-19(33-17)20(30)29(21(31)28(14)4-2-3-26)15-9-27-8-12(23)18(15)24/h6-10H,3,5H2,1-2H3;5-9H,2,4H2,1H3. The predicted molar refractivity (Wildman–Crippen MR) is 253 cm³/mol. The van der Waals surface area contributed by atoms with Gasteiger partial charge in [0, 0.05) is 46.4 Å². The number of benzene rings is 2. The number of thiophene rings is 2. The summed E-state index contributed by atoms with van der Waals surface area (Å²) in [6.45, 7) is 1.77. The lowest BCUT2D eigenvalue weighted by molar-refractivity contribution is 0.387. The zero-order valence-electron chi connectivity index (χ0n) is 34.1. The SMILES string of the molecule is COc1cc(-c2cc3c(s2)c(=O)n(-c2cncc(Cl)c2C)c(=O)n3CCC#N)c(Cl)cc1F.COc1cc(-c2cc3c(s2)c(=O)n(-c2cncc(Cl)c2Cl)c(=O)n3CCC#N)c(Cl)cc1F. The van der Waals surface area contributed by atoms with Gasteiger partial charge in [0.2, 0.25) is 0 Å². The third kappa shape index (κ3) is 8.81. The maximum Gasteiger partial charge on any atom is 0.336 e. The average Bonchev–Trinajstić information content (AvgIpc) is 3.93. The Morgan fingerprint density at radius 1 is 0.621 bits per heavy atom. The van der Waals surface area contributed by atoms with Gasteiger partial charge in [0.1, 0.15) is 9.40 Å². The summed E-state index contributed by atoms with van der Waals surface area (Å²) in [6, 6.07) is 12.3. The van der Waals surface area contributed by atoms with Crippen LogP contribution in [0.15, 0.2) is 80.4 Å². The Hall–Kier alpha value is -6.09. The Morgan fingerprint density at radius 3 is 1.48 bits per heavy atom. The van der Waals surface area contributed by atoms with Crippen LogP contribution in [0.5, 0.6) is 11.5 Å². The topological polar surface area (TPSA) is 180 Å². The van der Waals surface area contributed by atoms with Crippen molar-refractivity contribution in [3.05, 3.63) is 145 Å². The van der Waals surface area contributed by atoms with E-state index in [4.69, 9.17) is 78.0 Å². The van der Waals surface area contributed by atoms with Crippen molar-refractivity contribution in [2.75, 3.05) is 14.2 Å². The number of aromatic nitrogens is 6. The molecule has 336 valence electrons. The number of hydrogen-bond acceptors (Lipinski definition) is 12. The smallest absolute Gasteiger partial charge is 0.336 e. The van der Waals surface area contributed by atoms with Crippen LogP contribution in [0.3, 0.4) is 0 Å². The van der Waals surface area contributed by atoms with Gasteiger partial charge in [-0.15, -0.1) is 22.7 Å². The molecule has 0 bridgehead atoms. The highest BCUT2D eigenvalue weighted by atomic mass is 35.5. The van der Waals surface area contributed by atoms with E-state index in [1.54, 1.807) is 19.1 Å². The molecule has 6 aromatic heterocycles. The van der Waals surface area contributed by atoms with Crippen molar-refractivity contribution in [2.24, 2.45) is 0 Å². The van der Waals surface area contributed by atoms with Crippen LogP contribution in [0.25, 0.3) is 52.7 Å². The molecule has 2 aromatic carbocycles. The van der Waals surface area contributed by atoms with E-state index in [0.717, 1.165) is 43.9 Å². The Labute approximate surface area is 403 Å². The fourth-order valence-electron chi connectivity index (χ4n) is 6.77. The number of rotatable bonds is 10.